The number of unbranched alkanes of at least 4 members (excludes halogenated alkanes) is 5. The number of carbonyl (C=O) groups is 4. The lowest BCUT2D eigenvalue weighted by atomic mass is 9.86. The third-order valence-electron chi connectivity index (χ3n) is 9.75. The van der Waals surface area contributed by atoms with E-state index in [1.807, 2.05) is 25.8 Å². The maximum atomic E-state index is 14.8. The highest BCUT2D eigenvalue weighted by Gasteiger charge is 2.61. The Balaban J connectivity index is 2.01. The quantitative estimate of drug-likeness (QED) is 0.140. The van der Waals surface area contributed by atoms with E-state index in [1.54, 1.807) is 17.0 Å². The zero-order chi connectivity index (χ0) is 34.8. The van der Waals surface area contributed by atoms with Crippen LogP contribution in [0.3, 0.4) is 0 Å². The van der Waals surface area contributed by atoms with Gasteiger partial charge in [0.05, 0.1) is 6.04 Å². The second-order valence-corrected chi connectivity index (χ2v) is 14.5. The van der Waals surface area contributed by atoms with Crippen molar-refractivity contribution in [2.24, 2.45) is 11.7 Å². The zero-order valence-electron chi connectivity index (χ0n) is 28.6. The summed E-state index contributed by atoms with van der Waals surface area (Å²) in [5, 5.41) is 0. The SMILES string of the molecule is CCCCCC(=O)N1C(Cc2ccc(OP(=O)(O)O)cc2)C(=O)N(C(C(=O)CCCCCCC(N)=O)C(C)CC)C12CCN(C)CC2. The number of hydrogen-bond donors (Lipinski definition) is 3. The Kier molecular flexibility index (Phi) is 14.4. The molecule has 2 aliphatic rings. The predicted octanol–water partition coefficient (Wildman–Crippen LogP) is 4.55. The summed E-state index contributed by atoms with van der Waals surface area (Å²) in [5.41, 5.74) is 5.03. The van der Waals surface area contributed by atoms with Crippen LogP contribution in [0.15, 0.2) is 24.3 Å². The van der Waals surface area contributed by atoms with Crippen LogP contribution in [0, 0.1) is 5.92 Å². The summed E-state index contributed by atoms with van der Waals surface area (Å²) in [7, 11) is -2.71. The van der Waals surface area contributed by atoms with Gasteiger partial charge in [0.2, 0.25) is 17.7 Å². The molecule has 3 rings (SSSR count). The van der Waals surface area contributed by atoms with Gasteiger partial charge in [-0.3, -0.25) is 29.0 Å². The highest BCUT2D eigenvalue weighted by molar-refractivity contribution is 7.46. The number of ketones is 1. The number of carbonyl (C=O) groups excluding carboxylic acids is 4. The molecule has 0 aromatic heterocycles. The Hall–Kier alpha value is -2.79. The van der Waals surface area contributed by atoms with Gasteiger partial charge in [0, 0.05) is 51.6 Å². The van der Waals surface area contributed by atoms with Crippen molar-refractivity contribution in [2.75, 3.05) is 20.1 Å². The van der Waals surface area contributed by atoms with Gasteiger partial charge in [-0.15, -0.1) is 0 Å². The minimum absolute atomic E-state index is 0.00104. The number of piperidine rings is 1. The fraction of sp³-hybridized carbons (Fsp3) is 0.706. The average molecular weight is 679 g/mol. The van der Waals surface area contributed by atoms with Crippen molar-refractivity contribution in [3.05, 3.63) is 29.8 Å². The van der Waals surface area contributed by atoms with Crippen LogP contribution in [-0.4, -0.2) is 85.9 Å². The van der Waals surface area contributed by atoms with Crippen LogP contribution in [0.2, 0.25) is 0 Å². The number of phosphoric ester groups is 1. The molecule has 3 atom stereocenters. The number of Topliss-reactive ketones (excluding diaryl/α,β-unsaturated/α-hetero) is 1. The van der Waals surface area contributed by atoms with Gasteiger partial charge < -0.3 is 25.0 Å². The number of rotatable bonds is 19. The van der Waals surface area contributed by atoms with E-state index in [2.05, 4.69) is 11.8 Å². The lowest BCUT2D eigenvalue weighted by molar-refractivity contribution is -0.156. The summed E-state index contributed by atoms with van der Waals surface area (Å²) in [4.78, 5) is 78.5. The van der Waals surface area contributed by atoms with E-state index in [4.69, 9.17) is 10.3 Å². The highest BCUT2D eigenvalue weighted by atomic mass is 31.2. The largest absolute Gasteiger partial charge is 0.524 e. The van der Waals surface area contributed by atoms with E-state index >= 15 is 0 Å². The van der Waals surface area contributed by atoms with E-state index in [-0.39, 0.29) is 41.6 Å². The predicted molar refractivity (Wildman–Crippen MR) is 179 cm³/mol. The maximum absolute atomic E-state index is 14.8. The third-order valence-corrected chi connectivity index (χ3v) is 10.2. The number of phosphoric acid groups is 1. The van der Waals surface area contributed by atoms with Gasteiger partial charge in [0.1, 0.15) is 17.5 Å². The van der Waals surface area contributed by atoms with Gasteiger partial charge in [-0.25, -0.2) is 4.57 Å². The van der Waals surface area contributed by atoms with Crippen LogP contribution in [0.25, 0.3) is 0 Å². The average Bonchev–Trinajstić information content (AvgIpc) is 3.23. The molecule has 13 heteroatoms. The smallest absolute Gasteiger partial charge is 0.404 e. The number of hydrogen-bond acceptors (Lipinski definition) is 7. The summed E-state index contributed by atoms with van der Waals surface area (Å²) in [6.07, 6.45) is 8.36. The molecule has 0 radical (unpaired) electrons. The first-order valence-electron chi connectivity index (χ1n) is 17.2. The Labute approximate surface area is 279 Å². The fourth-order valence-electron chi connectivity index (χ4n) is 7.05. The van der Waals surface area contributed by atoms with Crippen molar-refractivity contribution in [3.63, 3.8) is 0 Å². The molecule has 47 heavy (non-hydrogen) atoms. The van der Waals surface area contributed by atoms with Crippen LogP contribution in [0.4, 0.5) is 0 Å². The topological polar surface area (TPSA) is 171 Å². The number of primary amides is 1. The first-order valence-corrected chi connectivity index (χ1v) is 18.8. The van der Waals surface area contributed by atoms with Crippen LogP contribution in [-0.2, 0) is 30.2 Å². The third kappa shape index (κ3) is 10.3. The van der Waals surface area contributed by atoms with Gasteiger partial charge in [-0.05, 0) is 49.9 Å². The number of likely N-dealkylation sites (tertiary alicyclic amines) is 1. The molecular formula is C34H55N4O8P. The van der Waals surface area contributed by atoms with Crippen LogP contribution >= 0.6 is 7.82 Å². The molecule has 2 heterocycles. The molecule has 0 aliphatic carbocycles. The fourth-order valence-corrected chi connectivity index (χ4v) is 7.45. The summed E-state index contributed by atoms with van der Waals surface area (Å²) in [6.45, 7) is 7.44. The Morgan fingerprint density at radius 2 is 1.57 bits per heavy atom. The Bertz CT molecular complexity index is 1260. The Morgan fingerprint density at radius 1 is 0.979 bits per heavy atom. The van der Waals surface area contributed by atoms with Gasteiger partial charge in [-0.2, -0.15) is 0 Å². The molecule has 3 amide bonds. The standard InChI is InChI=1S/C34H55N4O8P/c1-5-7-10-15-31(41)37-28(24-26-16-18-27(19-17-26)46-47(43,44)45)33(42)38(34(37)20-22-36(4)23-21-34)32(25(3)6-2)29(39)13-11-8-9-12-14-30(35)40/h16-19,25,28,32H,5-15,20-24H2,1-4H3,(H2,35,40)(H2,43,44,45). The second kappa shape index (κ2) is 17.6. The van der Waals surface area contributed by atoms with Gasteiger partial charge >= 0.3 is 7.82 Å². The van der Waals surface area contributed by atoms with E-state index in [9.17, 15) is 33.5 Å². The normalized spacial score (nSPS) is 19.6. The number of nitrogens with zero attached hydrogens (tertiary/aromatic N) is 3. The molecule has 3 unspecified atom stereocenters. The molecule has 1 aromatic carbocycles. The van der Waals surface area contributed by atoms with Gasteiger partial charge in [0.25, 0.3) is 0 Å². The first kappa shape index (κ1) is 38.7. The summed E-state index contributed by atoms with van der Waals surface area (Å²) in [5.74, 6) is -0.777. The molecule has 1 aromatic rings. The van der Waals surface area contributed by atoms with Crippen molar-refractivity contribution < 1.29 is 38.1 Å². The van der Waals surface area contributed by atoms with Gasteiger partial charge in [0.15, 0.2) is 5.78 Å². The minimum Gasteiger partial charge on any atom is -0.404 e. The monoisotopic (exact) mass is 678 g/mol. The van der Waals surface area contributed by atoms with Crippen molar-refractivity contribution >= 4 is 31.3 Å². The van der Waals surface area contributed by atoms with Crippen LogP contribution in [0.1, 0.15) is 110 Å². The molecular weight excluding hydrogens is 623 g/mol. The summed E-state index contributed by atoms with van der Waals surface area (Å²) >= 11 is 0. The second-order valence-electron chi connectivity index (χ2n) is 13.3. The van der Waals surface area contributed by atoms with Crippen molar-refractivity contribution in [1.82, 2.24) is 14.7 Å². The first-order chi connectivity index (χ1) is 22.2. The number of benzene rings is 1. The summed E-state index contributed by atoms with van der Waals surface area (Å²) in [6, 6.07) is 4.68. The molecule has 4 N–H and O–H groups in total. The van der Waals surface area contributed by atoms with E-state index in [0.717, 1.165) is 25.7 Å². The zero-order valence-corrected chi connectivity index (χ0v) is 29.5. The molecule has 0 bridgehead atoms. The molecule has 2 aliphatic heterocycles. The molecule has 1 spiro atoms. The molecule has 12 nitrogen and oxygen atoms in total. The molecule has 0 saturated carbocycles. The molecule has 2 saturated heterocycles. The molecule has 2 fully saturated rings. The lowest BCUT2D eigenvalue weighted by Gasteiger charge is -2.51. The van der Waals surface area contributed by atoms with Gasteiger partial charge in [-0.1, -0.05) is 65.0 Å². The lowest BCUT2D eigenvalue weighted by Crippen LogP contribution is -2.65. The van der Waals surface area contributed by atoms with Crippen molar-refractivity contribution in [2.45, 2.75) is 128 Å². The van der Waals surface area contributed by atoms with E-state index in [0.29, 0.717) is 76.4 Å². The number of amides is 3. The molecule has 264 valence electrons. The highest BCUT2D eigenvalue weighted by Crippen LogP contribution is 2.45. The number of nitrogens with two attached hydrogens (primary N) is 1. The van der Waals surface area contributed by atoms with Crippen LogP contribution in [0.5, 0.6) is 5.75 Å². The summed E-state index contributed by atoms with van der Waals surface area (Å²) < 4.78 is 16.0. The maximum Gasteiger partial charge on any atom is 0.524 e. The Morgan fingerprint density at radius 3 is 2.13 bits per heavy atom. The van der Waals surface area contributed by atoms with Crippen LogP contribution < -0.4 is 10.3 Å². The van der Waals surface area contributed by atoms with Crippen molar-refractivity contribution in [3.8, 4) is 5.75 Å². The minimum atomic E-state index is -4.73. The van der Waals surface area contributed by atoms with E-state index in [1.165, 1.54) is 12.1 Å². The van der Waals surface area contributed by atoms with Crippen molar-refractivity contribution in [1.29, 1.82) is 0 Å². The van der Waals surface area contributed by atoms with E-state index < -0.39 is 25.6 Å².